The second-order valence-corrected chi connectivity index (χ2v) is 4.36. The highest BCUT2D eigenvalue weighted by Gasteiger charge is 2.21. The van der Waals surface area contributed by atoms with Crippen molar-refractivity contribution in [1.29, 1.82) is 0 Å². The highest BCUT2D eigenvalue weighted by molar-refractivity contribution is 9.09. The van der Waals surface area contributed by atoms with E-state index in [1.165, 1.54) is 19.5 Å². The van der Waals surface area contributed by atoms with Gasteiger partial charge in [0.1, 0.15) is 5.82 Å². The lowest BCUT2D eigenvalue weighted by molar-refractivity contribution is 0.313. The number of rotatable bonds is 3. The third kappa shape index (κ3) is 2.51. The number of hydrogen-bond acceptors (Lipinski definition) is 3. The maximum absolute atomic E-state index is 4.23. The monoisotopic (exact) mass is 255 g/mol. The number of alkyl halides is 1. The summed E-state index contributed by atoms with van der Waals surface area (Å²) in [4.78, 5) is 10.9. The number of hydrogen-bond donors (Lipinski definition) is 0. The average Bonchev–Trinajstić information content (AvgIpc) is 2.67. The average molecular weight is 256 g/mol. The van der Waals surface area contributed by atoms with Crippen molar-refractivity contribution in [3.8, 4) is 0 Å². The first-order chi connectivity index (χ1) is 6.88. The predicted octanol–water partition coefficient (Wildman–Crippen LogP) is 1.69. The molecule has 0 aromatic carbocycles. The minimum Gasteiger partial charge on any atom is -0.296 e. The van der Waals surface area contributed by atoms with Crippen molar-refractivity contribution < 1.29 is 0 Å². The van der Waals surface area contributed by atoms with E-state index in [1.807, 2.05) is 6.07 Å². The van der Waals surface area contributed by atoms with Gasteiger partial charge in [-0.15, -0.1) is 0 Å². The van der Waals surface area contributed by atoms with Crippen molar-refractivity contribution in [2.24, 2.45) is 5.92 Å². The van der Waals surface area contributed by atoms with Gasteiger partial charge in [0.25, 0.3) is 0 Å². The van der Waals surface area contributed by atoms with E-state index in [0.29, 0.717) is 0 Å². The Bertz CT molecular complexity index is 278. The van der Waals surface area contributed by atoms with Gasteiger partial charge in [0.15, 0.2) is 0 Å². The molecule has 1 saturated heterocycles. The molecule has 0 aliphatic carbocycles. The van der Waals surface area contributed by atoms with Crippen LogP contribution >= 0.6 is 15.9 Å². The standard InChI is InChI=1S/C10H14BrN3/c11-6-9-2-5-14(7-9)8-10-12-3-1-4-13-10/h1,3-4,9H,2,5-8H2. The lowest BCUT2D eigenvalue weighted by Crippen LogP contribution is -2.21. The summed E-state index contributed by atoms with van der Waals surface area (Å²) in [5.41, 5.74) is 0. The van der Waals surface area contributed by atoms with Crippen molar-refractivity contribution in [2.75, 3.05) is 18.4 Å². The molecule has 3 nitrogen and oxygen atoms in total. The van der Waals surface area contributed by atoms with E-state index >= 15 is 0 Å². The summed E-state index contributed by atoms with van der Waals surface area (Å²) in [5.74, 6) is 1.74. The molecule has 1 aliphatic heterocycles. The number of halogens is 1. The lowest BCUT2D eigenvalue weighted by Gasteiger charge is -2.13. The van der Waals surface area contributed by atoms with Crippen LogP contribution in [-0.4, -0.2) is 33.3 Å². The van der Waals surface area contributed by atoms with Crippen molar-refractivity contribution in [2.45, 2.75) is 13.0 Å². The van der Waals surface area contributed by atoms with Crippen LogP contribution in [0.2, 0.25) is 0 Å². The summed E-state index contributed by atoms with van der Waals surface area (Å²) in [6.45, 7) is 3.24. The van der Waals surface area contributed by atoms with Crippen molar-refractivity contribution >= 4 is 15.9 Å². The predicted molar refractivity (Wildman–Crippen MR) is 59.2 cm³/mol. The molecule has 14 heavy (non-hydrogen) atoms. The van der Waals surface area contributed by atoms with Crippen LogP contribution in [0.5, 0.6) is 0 Å². The van der Waals surface area contributed by atoms with Crippen LogP contribution in [0.4, 0.5) is 0 Å². The fraction of sp³-hybridized carbons (Fsp3) is 0.600. The number of nitrogens with zero attached hydrogens (tertiary/aromatic N) is 3. The van der Waals surface area contributed by atoms with Crippen LogP contribution in [0, 0.1) is 5.92 Å². The molecule has 2 rings (SSSR count). The molecule has 4 heteroatoms. The smallest absolute Gasteiger partial charge is 0.142 e. The molecule has 0 N–H and O–H groups in total. The molecule has 0 saturated carbocycles. The fourth-order valence-corrected chi connectivity index (χ4v) is 2.32. The number of aromatic nitrogens is 2. The van der Waals surface area contributed by atoms with Gasteiger partial charge >= 0.3 is 0 Å². The summed E-state index contributed by atoms with van der Waals surface area (Å²) >= 11 is 3.53. The molecule has 0 radical (unpaired) electrons. The molecular formula is C10H14BrN3. The summed E-state index contributed by atoms with van der Waals surface area (Å²) in [6, 6.07) is 1.86. The van der Waals surface area contributed by atoms with E-state index in [4.69, 9.17) is 0 Å². The SMILES string of the molecule is BrCC1CCN(Cc2ncccn2)C1. The van der Waals surface area contributed by atoms with Gasteiger partial charge < -0.3 is 0 Å². The Kier molecular flexibility index (Phi) is 3.48. The molecular weight excluding hydrogens is 242 g/mol. The third-order valence-corrected chi connectivity index (χ3v) is 3.49. The molecule has 1 aromatic rings. The van der Waals surface area contributed by atoms with Crippen molar-refractivity contribution in [1.82, 2.24) is 14.9 Å². The van der Waals surface area contributed by atoms with Crippen LogP contribution in [-0.2, 0) is 6.54 Å². The normalized spacial score (nSPS) is 22.8. The lowest BCUT2D eigenvalue weighted by atomic mass is 10.2. The second kappa shape index (κ2) is 4.84. The van der Waals surface area contributed by atoms with E-state index in [2.05, 4.69) is 30.8 Å². The maximum Gasteiger partial charge on any atom is 0.142 e. The van der Waals surface area contributed by atoms with Gasteiger partial charge in [-0.1, -0.05) is 15.9 Å². The molecule has 0 spiro atoms. The zero-order valence-electron chi connectivity index (χ0n) is 8.06. The highest BCUT2D eigenvalue weighted by Crippen LogP contribution is 2.18. The van der Waals surface area contributed by atoms with E-state index in [1.54, 1.807) is 12.4 Å². The van der Waals surface area contributed by atoms with Gasteiger partial charge in [-0.3, -0.25) is 4.90 Å². The maximum atomic E-state index is 4.23. The topological polar surface area (TPSA) is 29.0 Å². The fourth-order valence-electron chi connectivity index (χ4n) is 1.79. The second-order valence-electron chi connectivity index (χ2n) is 3.71. The summed E-state index contributed by atoms with van der Waals surface area (Å²) < 4.78 is 0. The first-order valence-corrected chi connectivity index (χ1v) is 6.05. The Labute approximate surface area is 92.7 Å². The van der Waals surface area contributed by atoms with Gasteiger partial charge in [0.2, 0.25) is 0 Å². The quantitative estimate of drug-likeness (QED) is 0.771. The van der Waals surface area contributed by atoms with E-state index in [-0.39, 0.29) is 0 Å². The molecule has 1 unspecified atom stereocenters. The van der Waals surface area contributed by atoms with Gasteiger partial charge in [0.05, 0.1) is 6.54 Å². The molecule has 76 valence electrons. The Balaban J connectivity index is 1.88. The van der Waals surface area contributed by atoms with Crippen LogP contribution < -0.4 is 0 Å². The largest absolute Gasteiger partial charge is 0.296 e. The van der Waals surface area contributed by atoms with Gasteiger partial charge in [-0.25, -0.2) is 9.97 Å². The Hall–Kier alpha value is -0.480. The van der Waals surface area contributed by atoms with Crippen LogP contribution in [0.1, 0.15) is 12.2 Å². The van der Waals surface area contributed by atoms with Crippen molar-refractivity contribution in [3.63, 3.8) is 0 Å². The number of likely N-dealkylation sites (tertiary alicyclic amines) is 1. The molecule has 1 aromatic heterocycles. The van der Waals surface area contributed by atoms with Crippen molar-refractivity contribution in [3.05, 3.63) is 24.3 Å². The van der Waals surface area contributed by atoms with Crippen LogP contribution in [0.3, 0.4) is 0 Å². The molecule has 1 aliphatic rings. The van der Waals surface area contributed by atoms with E-state index in [9.17, 15) is 0 Å². The van der Waals surface area contributed by atoms with Gasteiger partial charge in [-0.05, 0) is 24.9 Å². The summed E-state index contributed by atoms with van der Waals surface area (Å²) in [7, 11) is 0. The molecule has 0 bridgehead atoms. The minimum atomic E-state index is 0.804. The van der Waals surface area contributed by atoms with Gasteiger partial charge in [0, 0.05) is 24.3 Å². The summed E-state index contributed by atoms with van der Waals surface area (Å²) in [6.07, 6.45) is 4.90. The van der Waals surface area contributed by atoms with E-state index in [0.717, 1.165) is 23.6 Å². The zero-order valence-corrected chi connectivity index (χ0v) is 9.65. The van der Waals surface area contributed by atoms with Gasteiger partial charge in [-0.2, -0.15) is 0 Å². The Morgan fingerprint density at radius 2 is 2.21 bits per heavy atom. The van der Waals surface area contributed by atoms with E-state index < -0.39 is 0 Å². The molecule has 2 heterocycles. The zero-order chi connectivity index (χ0) is 9.80. The molecule has 1 atom stereocenters. The first kappa shape index (κ1) is 10.1. The minimum absolute atomic E-state index is 0.804. The first-order valence-electron chi connectivity index (χ1n) is 4.92. The third-order valence-electron chi connectivity index (χ3n) is 2.57. The Morgan fingerprint density at radius 1 is 1.43 bits per heavy atom. The molecule has 1 fully saturated rings. The van der Waals surface area contributed by atoms with Crippen LogP contribution in [0.25, 0.3) is 0 Å². The highest BCUT2D eigenvalue weighted by atomic mass is 79.9. The van der Waals surface area contributed by atoms with Crippen LogP contribution in [0.15, 0.2) is 18.5 Å². The summed E-state index contributed by atoms with van der Waals surface area (Å²) in [5, 5.41) is 1.11. The Morgan fingerprint density at radius 3 is 2.86 bits per heavy atom. The molecule has 0 amide bonds.